The van der Waals surface area contributed by atoms with E-state index >= 15 is 0 Å². The number of aliphatic hydroxyl groups is 3. The third kappa shape index (κ3) is 4.37. The summed E-state index contributed by atoms with van der Waals surface area (Å²) in [7, 11) is 3.17. The van der Waals surface area contributed by atoms with Gasteiger partial charge in [-0.2, -0.15) is 0 Å². The van der Waals surface area contributed by atoms with Crippen molar-refractivity contribution in [2.75, 3.05) is 33.7 Å². The van der Waals surface area contributed by atoms with E-state index in [-0.39, 0.29) is 29.2 Å². The topological polar surface area (TPSA) is 165 Å². The fourth-order valence-electron chi connectivity index (χ4n) is 7.97. The molecule has 42 heavy (non-hydrogen) atoms. The van der Waals surface area contributed by atoms with Gasteiger partial charge in [-0.25, -0.2) is 0 Å². The third-order valence-corrected chi connectivity index (χ3v) is 10.3. The molecule has 1 aliphatic heterocycles. The summed E-state index contributed by atoms with van der Waals surface area (Å²) in [6.07, 6.45) is 4.26. The lowest BCUT2D eigenvalue weighted by atomic mass is 9.55. The Balaban J connectivity index is 1.59. The summed E-state index contributed by atoms with van der Waals surface area (Å²) < 4.78 is 0. The number of primary amides is 1. The van der Waals surface area contributed by atoms with Gasteiger partial charge in [0.15, 0.2) is 11.4 Å². The minimum Gasteiger partial charge on any atom is -0.508 e. The lowest BCUT2D eigenvalue weighted by Gasteiger charge is -2.51. The smallest absolute Gasteiger partial charge is 0.255 e. The van der Waals surface area contributed by atoms with Gasteiger partial charge in [-0.1, -0.05) is 32.9 Å². The van der Waals surface area contributed by atoms with Crippen molar-refractivity contribution in [2.45, 2.75) is 75.9 Å². The molecular weight excluding hydrogens is 538 g/mol. The Morgan fingerprint density at radius 2 is 1.79 bits per heavy atom. The predicted octanol–water partition coefficient (Wildman–Crippen LogP) is 2.68. The van der Waals surface area contributed by atoms with Crippen LogP contribution < -0.4 is 5.73 Å². The van der Waals surface area contributed by atoms with Gasteiger partial charge in [-0.3, -0.25) is 19.3 Å². The Morgan fingerprint density at radius 1 is 1.14 bits per heavy atom. The zero-order valence-corrected chi connectivity index (χ0v) is 25.1. The Hall–Kier alpha value is -3.21. The van der Waals surface area contributed by atoms with E-state index in [4.69, 9.17) is 5.73 Å². The Bertz CT molecular complexity index is 1400. The van der Waals surface area contributed by atoms with Crippen LogP contribution in [0.5, 0.6) is 5.75 Å². The summed E-state index contributed by atoms with van der Waals surface area (Å²) in [6.45, 7) is 9.19. The van der Waals surface area contributed by atoms with Gasteiger partial charge in [0.25, 0.3) is 5.91 Å². The molecule has 0 unspecified atom stereocenters. The van der Waals surface area contributed by atoms with Crippen molar-refractivity contribution in [3.05, 3.63) is 45.7 Å². The normalized spacial score (nSPS) is 30.1. The Morgan fingerprint density at radius 3 is 2.38 bits per heavy atom. The molecule has 4 aliphatic rings. The van der Waals surface area contributed by atoms with Crippen LogP contribution in [0.15, 0.2) is 29.0 Å². The molecule has 1 aromatic carbocycles. The van der Waals surface area contributed by atoms with E-state index in [1.54, 1.807) is 14.1 Å². The van der Waals surface area contributed by atoms with Crippen molar-refractivity contribution in [1.82, 2.24) is 9.80 Å². The fraction of sp³-hybridized carbons (Fsp3) is 0.594. The summed E-state index contributed by atoms with van der Waals surface area (Å²) >= 11 is 0. The van der Waals surface area contributed by atoms with Crippen LogP contribution in [0.25, 0.3) is 5.76 Å². The van der Waals surface area contributed by atoms with Gasteiger partial charge in [0.1, 0.15) is 22.8 Å². The molecule has 1 saturated carbocycles. The second-order valence-corrected chi connectivity index (χ2v) is 13.4. The van der Waals surface area contributed by atoms with E-state index in [0.717, 1.165) is 32.5 Å². The van der Waals surface area contributed by atoms with Crippen LogP contribution in [-0.2, 0) is 19.8 Å². The van der Waals surface area contributed by atoms with Gasteiger partial charge in [-0.15, -0.1) is 0 Å². The molecule has 0 aromatic heterocycles. The van der Waals surface area contributed by atoms with Crippen molar-refractivity contribution < 1.29 is 34.8 Å². The maximum atomic E-state index is 14.2. The van der Waals surface area contributed by atoms with Crippen molar-refractivity contribution in [3.63, 3.8) is 0 Å². The molecule has 1 saturated heterocycles. The fourth-order valence-corrected chi connectivity index (χ4v) is 7.97. The van der Waals surface area contributed by atoms with Gasteiger partial charge in [0.2, 0.25) is 5.78 Å². The average molecular weight is 582 g/mol. The summed E-state index contributed by atoms with van der Waals surface area (Å²) in [5, 5.41) is 46.2. The number of nitrogens with zero attached hydrogens (tertiary/aromatic N) is 2. The molecule has 0 spiro atoms. The monoisotopic (exact) mass is 581 g/mol. The van der Waals surface area contributed by atoms with Crippen LogP contribution in [0.4, 0.5) is 0 Å². The number of Topliss-reactive ketones (excluding diaryl/α,β-unsaturated/α-hetero) is 2. The number of phenols is 1. The van der Waals surface area contributed by atoms with E-state index in [2.05, 4.69) is 4.90 Å². The number of hydrogen-bond donors (Lipinski definition) is 5. The second-order valence-electron chi connectivity index (χ2n) is 13.4. The van der Waals surface area contributed by atoms with E-state index < -0.39 is 63.5 Å². The predicted molar refractivity (Wildman–Crippen MR) is 157 cm³/mol. The van der Waals surface area contributed by atoms with Gasteiger partial charge in [0.05, 0.1) is 11.6 Å². The molecular formula is C32H43N3O7. The zero-order valence-electron chi connectivity index (χ0n) is 25.1. The molecule has 10 nitrogen and oxygen atoms in total. The minimum absolute atomic E-state index is 0.0669. The van der Waals surface area contributed by atoms with Crippen LogP contribution in [0, 0.1) is 11.8 Å². The first-order valence-electron chi connectivity index (χ1n) is 14.9. The van der Waals surface area contributed by atoms with Crippen LogP contribution in [0.3, 0.4) is 0 Å². The standard InChI is InChI=1S/C32H43N3O7/c1-16-17-9-10-19(31(2,3)11-8-14-35-12-6-7-13-35)25(36)21(17)26(37)22-18(16)15-20-24(34(4)5)27(38)23(30(33)41)29(40)32(20,42)28(22)39/h9-10,16,18,20,24,36-37,40,42H,6-8,11-15H2,1-5H3,(H2,33,41)/t16-,18+,20-,24-,32-/m0/s1. The Labute approximate surface area is 246 Å². The van der Waals surface area contributed by atoms with Crippen LogP contribution in [-0.4, -0.2) is 93.1 Å². The molecule has 1 amide bonds. The molecule has 2 fully saturated rings. The number of fused-ring (bicyclic) bond motifs is 3. The second kappa shape index (κ2) is 10.5. The first-order chi connectivity index (χ1) is 19.6. The molecule has 228 valence electrons. The minimum atomic E-state index is -2.65. The molecule has 0 radical (unpaired) electrons. The summed E-state index contributed by atoms with van der Waals surface area (Å²) in [4.78, 5) is 43.6. The van der Waals surface area contributed by atoms with E-state index in [1.807, 2.05) is 32.9 Å². The number of carbonyl (C=O) groups excluding carboxylic acids is 3. The van der Waals surface area contributed by atoms with Gasteiger partial charge < -0.3 is 31.1 Å². The highest BCUT2D eigenvalue weighted by Crippen LogP contribution is 2.56. The number of aliphatic hydroxyl groups excluding tert-OH is 2. The summed E-state index contributed by atoms with van der Waals surface area (Å²) in [6, 6.07) is 2.67. The number of ketones is 2. The lowest BCUT2D eigenvalue weighted by molar-refractivity contribution is -0.154. The lowest BCUT2D eigenvalue weighted by Crippen LogP contribution is -2.65. The number of likely N-dealkylation sites (tertiary alicyclic amines) is 1. The largest absolute Gasteiger partial charge is 0.508 e. The van der Waals surface area contributed by atoms with E-state index in [1.165, 1.54) is 17.7 Å². The highest BCUT2D eigenvalue weighted by atomic mass is 16.3. The summed E-state index contributed by atoms with van der Waals surface area (Å²) in [5.41, 5.74) is 2.85. The van der Waals surface area contributed by atoms with Crippen LogP contribution in [0.2, 0.25) is 0 Å². The quantitative estimate of drug-likeness (QED) is 0.305. The number of benzene rings is 1. The third-order valence-electron chi connectivity index (χ3n) is 10.3. The molecule has 10 heteroatoms. The first-order valence-corrected chi connectivity index (χ1v) is 14.9. The van der Waals surface area contributed by atoms with Crippen molar-refractivity contribution in [3.8, 4) is 5.75 Å². The van der Waals surface area contributed by atoms with Crippen LogP contribution in [0.1, 0.15) is 75.5 Å². The number of hydrogen-bond acceptors (Lipinski definition) is 9. The molecule has 0 bridgehead atoms. The molecule has 1 heterocycles. The number of phenolic OH excluding ortho intramolecular Hbond substituents is 1. The number of likely N-dealkylation sites (N-methyl/N-ethyl adjacent to an activating group) is 1. The summed E-state index contributed by atoms with van der Waals surface area (Å²) in [5.74, 6) is -6.72. The number of rotatable bonds is 7. The zero-order chi connectivity index (χ0) is 30.9. The van der Waals surface area contributed by atoms with Crippen molar-refractivity contribution in [2.24, 2.45) is 17.6 Å². The van der Waals surface area contributed by atoms with Gasteiger partial charge in [0, 0.05) is 17.1 Å². The molecule has 3 aliphatic carbocycles. The maximum absolute atomic E-state index is 14.2. The molecule has 5 atom stereocenters. The molecule has 6 N–H and O–H groups in total. The number of carbonyl (C=O) groups is 3. The molecule has 5 rings (SSSR count). The maximum Gasteiger partial charge on any atom is 0.255 e. The van der Waals surface area contributed by atoms with Crippen molar-refractivity contribution >= 4 is 23.2 Å². The SMILES string of the molecule is C[C@H]1c2ccc(C(C)(C)CCCN3CCCC3)c(O)c2C(O)=C2C(=O)[C@]3(O)C(O)=C(C(N)=O)C(=O)[C@@H](N(C)C)[C@@H]3C[C@@H]21. The molecule has 1 aromatic rings. The average Bonchev–Trinajstić information content (AvgIpc) is 3.42. The highest BCUT2D eigenvalue weighted by Gasteiger charge is 2.64. The number of nitrogens with two attached hydrogens (primary N) is 1. The van der Waals surface area contributed by atoms with Crippen LogP contribution >= 0.6 is 0 Å². The van der Waals surface area contributed by atoms with Gasteiger partial charge >= 0.3 is 0 Å². The van der Waals surface area contributed by atoms with E-state index in [0.29, 0.717) is 11.1 Å². The first kappa shape index (κ1) is 30.3. The number of aromatic hydroxyl groups is 1. The van der Waals surface area contributed by atoms with Gasteiger partial charge in [-0.05, 0) is 88.6 Å². The Kier molecular flexibility index (Phi) is 7.56. The number of amides is 1. The highest BCUT2D eigenvalue weighted by molar-refractivity contribution is 6.24. The van der Waals surface area contributed by atoms with E-state index in [9.17, 15) is 34.8 Å². The van der Waals surface area contributed by atoms with Crippen molar-refractivity contribution in [1.29, 1.82) is 0 Å².